The van der Waals surface area contributed by atoms with Gasteiger partial charge in [0.05, 0.1) is 5.52 Å². The molecule has 0 aliphatic heterocycles. The SMILES string of the molecule is CCCCSCCCn1c(CCC)nc2c(N)nc(C)c(C)c21. The van der Waals surface area contributed by atoms with Crippen LogP contribution >= 0.6 is 11.8 Å². The summed E-state index contributed by atoms with van der Waals surface area (Å²) >= 11 is 2.06. The second-order valence-electron chi connectivity index (χ2n) is 6.15. The van der Waals surface area contributed by atoms with Crippen molar-refractivity contribution in [3.8, 4) is 0 Å². The Balaban J connectivity index is 2.23. The maximum Gasteiger partial charge on any atom is 0.151 e. The van der Waals surface area contributed by atoms with Crippen LogP contribution < -0.4 is 5.73 Å². The lowest BCUT2D eigenvalue weighted by atomic mass is 10.2. The molecule has 2 heterocycles. The van der Waals surface area contributed by atoms with Crippen LogP contribution in [-0.2, 0) is 13.0 Å². The van der Waals surface area contributed by atoms with Crippen LogP contribution in [0.1, 0.15) is 56.6 Å². The summed E-state index contributed by atoms with van der Waals surface area (Å²) in [6.45, 7) is 9.63. The molecule has 2 rings (SSSR count). The maximum atomic E-state index is 6.12. The van der Waals surface area contributed by atoms with E-state index in [1.807, 2.05) is 6.92 Å². The number of aryl methyl sites for hydroxylation is 4. The summed E-state index contributed by atoms with van der Waals surface area (Å²) in [7, 11) is 0. The van der Waals surface area contributed by atoms with Crippen LogP contribution in [0.3, 0.4) is 0 Å². The Morgan fingerprint density at radius 2 is 1.78 bits per heavy atom. The average molecular weight is 335 g/mol. The molecule has 4 nitrogen and oxygen atoms in total. The Hall–Kier alpha value is -1.23. The van der Waals surface area contributed by atoms with E-state index >= 15 is 0 Å². The Kier molecular flexibility index (Phi) is 6.75. The van der Waals surface area contributed by atoms with Crippen LogP contribution in [-0.4, -0.2) is 26.0 Å². The minimum absolute atomic E-state index is 0.566. The first-order chi connectivity index (χ1) is 11.1. The van der Waals surface area contributed by atoms with Crippen molar-refractivity contribution in [2.75, 3.05) is 17.2 Å². The van der Waals surface area contributed by atoms with Crippen LogP contribution in [0.25, 0.3) is 11.0 Å². The number of aromatic nitrogens is 3. The van der Waals surface area contributed by atoms with Gasteiger partial charge in [-0.05, 0) is 50.2 Å². The summed E-state index contributed by atoms with van der Waals surface area (Å²) in [5.74, 6) is 4.21. The van der Waals surface area contributed by atoms with E-state index in [2.05, 4.69) is 42.1 Å². The van der Waals surface area contributed by atoms with Gasteiger partial charge in [0.2, 0.25) is 0 Å². The van der Waals surface area contributed by atoms with Crippen molar-refractivity contribution in [1.82, 2.24) is 14.5 Å². The Labute approximate surface area is 144 Å². The van der Waals surface area contributed by atoms with Gasteiger partial charge < -0.3 is 10.3 Å². The van der Waals surface area contributed by atoms with Gasteiger partial charge in [0.15, 0.2) is 5.82 Å². The summed E-state index contributed by atoms with van der Waals surface area (Å²) in [4.78, 5) is 9.24. The molecule has 2 aromatic rings. The van der Waals surface area contributed by atoms with Crippen LogP contribution in [0, 0.1) is 13.8 Å². The number of hydrogen-bond acceptors (Lipinski definition) is 4. The standard InChI is InChI=1S/C18H30N4S/c1-5-7-11-23-12-8-10-22-15(9-6-2)21-16-17(22)13(3)14(4)20-18(16)19/h5-12H2,1-4H3,(H2,19,20). The Morgan fingerprint density at radius 1 is 1.04 bits per heavy atom. The van der Waals surface area contributed by atoms with Crippen molar-refractivity contribution in [2.45, 2.75) is 66.3 Å². The lowest BCUT2D eigenvalue weighted by Crippen LogP contribution is -2.06. The second-order valence-corrected chi connectivity index (χ2v) is 7.38. The molecule has 5 heteroatoms. The van der Waals surface area contributed by atoms with Gasteiger partial charge in [-0.15, -0.1) is 0 Å². The number of nitrogens with two attached hydrogens (primary N) is 1. The average Bonchev–Trinajstić information content (AvgIpc) is 2.88. The monoisotopic (exact) mass is 334 g/mol. The quantitative estimate of drug-likeness (QED) is 0.686. The zero-order chi connectivity index (χ0) is 16.8. The van der Waals surface area contributed by atoms with E-state index in [-0.39, 0.29) is 0 Å². The molecule has 23 heavy (non-hydrogen) atoms. The number of anilines is 1. The highest BCUT2D eigenvalue weighted by molar-refractivity contribution is 7.99. The molecule has 0 bridgehead atoms. The van der Waals surface area contributed by atoms with Crippen molar-refractivity contribution >= 4 is 28.6 Å². The molecular weight excluding hydrogens is 304 g/mol. The van der Waals surface area contributed by atoms with E-state index < -0.39 is 0 Å². The van der Waals surface area contributed by atoms with Gasteiger partial charge in [0, 0.05) is 18.7 Å². The second kappa shape index (κ2) is 8.57. The number of pyridine rings is 1. The lowest BCUT2D eigenvalue weighted by molar-refractivity contribution is 0.648. The van der Waals surface area contributed by atoms with E-state index in [0.717, 1.165) is 36.4 Å². The predicted octanol–water partition coefficient (Wildman–Crippen LogP) is 4.51. The van der Waals surface area contributed by atoms with Crippen LogP contribution in [0.4, 0.5) is 5.82 Å². The van der Waals surface area contributed by atoms with Crippen LogP contribution in [0.5, 0.6) is 0 Å². The number of fused-ring (bicyclic) bond motifs is 1. The van der Waals surface area contributed by atoms with Crippen molar-refractivity contribution in [2.24, 2.45) is 0 Å². The van der Waals surface area contributed by atoms with E-state index in [0.29, 0.717) is 5.82 Å². The van der Waals surface area contributed by atoms with Gasteiger partial charge in [-0.2, -0.15) is 11.8 Å². The Morgan fingerprint density at radius 3 is 2.48 bits per heavy atom. The first-order valence-electron chi connectivity index (χ1n) is 8.79. The summed E-state index contributed by atoms with van der Waals surface area (Å²) in [6.07, 6.45) is 5.87. The third-order valence-corrected chi connectivity index (χ3v) is 5.42. The number of thioether (sulfide) groups is 1. The predicted molar refractivity (Wildman–Crippen MR) is 102 cm³/mol. The highest BCUT2D eigenvalue weighted by Crippen LogP contribution is 2.27. The summed E-state index contributed by atoms with van der Waals surface area (Å²) in [5, 5.41) is 0. The molecule has 2 aromatic heterocycles. The topological polar surface area (TPSA) is 56.7 Å². The number of unbranched alkanes of at least 4 members (excludes halogenated alkanes) is 1. The lowest BCUT2D eigenvalue weighted by Gasteiger charge is -2.11. The summed E-state index contributed by atoms with van der Waals surface area (Å²) in [6, 6.07) is 0. The molecule has 0 radical (unpaired) electrons. The minimum atomic E-state index is 0.566. The van der Waals surface area contributed by atoms with E-state index in [1.165, 1.54) is 41.8 Å². The fourth-order valence-corrected chi connectivity index (χ4v) is 3.91. The Bertz CT molecular complexity index is 648. The molecule has 0 unspecified atom stereocenters. The highest BCUT2D eigenvalue weighted by Gasteiger charge is 2.16. The highest BCUT2D eigenvalue weighted by atomic mass is 32.2. The zero-order valence-corrected chi connectivity index (χ0v) is 15.8. The molecule has 0 aromatic carbocycles. The number of rotatable bonds is 9. The largest absolute Gasteiger partial charge is 0.382 e. The zero-order valence-electron chi connectivity index (χ0n) is 15.0. The van der Waals surface area contributed by atoms with Gasteiger partial charge in [0.25, 0.3) is 0 Å². The van der Waals surface area contributed by atoms with Crippen molar-refractivity contribution in [3.63, 3.8) is 0 Å². The number of imidazole rings is 1. The first kappa shape index (κ1) is 18.1. The molecule has 0 saturated carbocycles. The number of hydrogen-bond donors (Lipinski definition) is 1. The minimum Gasteiger partial charge on any atom is -0.382 e. The molecule has 0 atom stereocenters. The molecule has 128 valence electrons. The van der Waals surface area contributed by atoms with Crippen molar-refractivity contribution < 1.29 is 0 Å². The van der Waals surface area contributed by atoms with Gasteiger partial charge in [-0.1, -0.05) is 20.3 Å². The summed E-state index contributed by atoms with van der Waals surface area (Å²) in [5.41, 5.74) is 10.4. The molecule has 0 aliphatic carbocycles. The first-order valence-corrected chi connectivity index (χ1v) is 9.95. The van der Waals surface area contributed by atoms with Crippen LogP contribution in [0.15, 0.2) is 0 Å². The molecular formula is C18H30N4S. The van der Waals surface area contributed by atoms with E-state index in [1.54, 1.807) is 0 Å². The fraction of sp³-hybridized carbons (Fsp3) is 0.667. The molecule has 0 spiro atoms. The molecule has 0 amide bonds. The van der Waals surface area contributed by atoms with Crippen molar-refractivity contribution in [3.05, 3.63) is 17.1 Å². The van der Waals surface area contributed by atoms with Gasteiger partial charge in [-0.25, -0.2) is 9.97 Å². The normalized spacial score (nSPS) is 11.5. The fourth-order valence-electron chi connectivity index (χ4n) is 2.88. The van der Waals surface area contributed by atoms with Gasteiger partial charge in [0.1, 0.15) is 11.3 Å². The van der Waals surface area contributed by atoms with Gasteiger partial charge >= 0.3 is 0 Å². The maximum absolute atomic E-state index is 6.12. The van der Waals surface area contributed by atoms with E-state index in [9.17, 15) is 0 Å². The third-order valence-electron chi connectivity index (χ3n) is 4.26. The molecule has 0 saturated heterocycles. The smallest absolute Gasteiger partial charge is 0.151 e. The van der Waals surface area contributed by atoms with Crippen LogP contribution in [0.2, 0.25) is 0 Å². The molecule has 0 aliphatic rings. The molecule has 0 fully saturated rings. The van der Waals surface area contributed by atoms with E-state index in [4.69, 9.17) is 10.7 Å². The summed E-state index contributed by atoms with van der Waals surface area (Å²) < 4.78 is 2.39. The third kappa shape index (κ3) is 4.19. The van der Waals surface area contributed by atoms with Gasteiger partial charge in [-0.3, -0.25) is 0 Å². The number of nitrogens with zero attached hydrogens (tertiary/aromatic N) is 3. The van der Waals surface area contributed by atoms with Crippen molar-refractivity contribution in [1.29, 1.82) is 0 Å². The molecule has 2 N–H and O–H groups in total. The number of nitrogen functional groups attached to an aromatic ring is 1.